The molecule has 0 radical (unpaired) electrons. The minimum Gasteiger partial charge on any atom is -0.481 e. The molecule has 0 bridgehead atoms. The van der Waals surface area contributed by atoms with E-state index in [-0.39, 0.29) is 6.42 Å². The van der Waals surface area contributed by atoms with Gasteiger partial charge in [0, 0.05) is 0 Å². The van der Waals surface area contributed by atoms with Gasteiger partial charge in [0.25, 0.3) is 0 Å². The Labute approximate surface area is 179 Å². The molecule has 0 unspecified atom stereocenters. The molecule has 2 N–H and O–H groups in total. The first kappa shape index (κ1) is 27.7. The Morgan fingerprint density at radius 2 is 0.931 bits per heavy atom. The van der Waals surface area contributed by atoms with Gasteiger partial charge in [-0.2, -0.15) is 0 Å². The number of unbranched alkanes of at least 4 members (excludes halogenated alkanes) is 16. The first-order valence-corrected chi connectivity index (χ1v) is 12.2. The third-order valence-electron chi connectivity index (χ3n) is 5.60. The average molecular weight is 411 g/mol. The summed E-state index contributed by atoms with van der Waals surface area (Å²) in [5.74, 6) is -3.67. The number of rotatable bonds is 22. The Morgan fingerprint density at radius 1 is 0.586 bits per heavy atom. The van der Waals surface area contributed by atoms with E-state index in [0.717, 1.165) is 12.8 Å². The quantitative estimate of drug-likeness (QED) is 0.109. The lowest BCUT2D eigenvalue weighted by Gasteiger charge is -2.06. The van der Waals surface area contributed by atoms with Gasteiger partial charge in [0.2, 0.25) is 0 Å². The van der Waals surface area contributed by atoms with E-state index < -0.39 is 17.9 Å². The van der Waals surface area contributed by atoms with E-state index in [1.165, 1.54) is 96.3 Å². The Bertz CT molecular complexity index is 403. The molecule has 0 atom stereocenters. The smallest absolute Gasteiger partial charge is 0.317 e. The summed E-state index contributed by atoms with van der Waals surface area (Å²) < 4.78 is 0. The van der Waals surface area contributed by atoms with Crippen LogP contribution in [0.5, 0.6) is 0 Å². The van der Waals surface area contributed by atoms with Gasteiger partial charge in [-0.3, -0.25) is 9.59 Å². The number of aliphatic carboxylic acids is 2. The van der Waals surface area contributed by atoms with Gasteiger partial charge in [0.15, 0.2) is 5.92 Å². The highest BCUT2D eigenvalue weighted by Crippen LogP contribution is 2.15. The minimum absolute atomic E-state index is 0.248. The van der Waals surface area contributed by atoms with Crippen LogP contribution in [0.25, 0.3) is 0 Å². The molecule has 0 aliphatic heterocycles. The number of carbonyl (C=O) groups is 2. The highest BCUT2D eigenvalue weighted by atomic mass is 16.4. The molecular weight excluding hydrogens is 364 g/mol. The molecule has 0 saturated carbocycles. The fourth-order valence-electron chi connectivity index (χ4n) is 3.66. The summed E-state index contributed by atoms with van der Waals surface area (Å²) in [6.45, 7) is 2.26. The van der Waals surface area contributed by atoms with E-state index in [2.05, 4.69) is 19.1 Å². The van der Waals surface area contributed by atoms with Crippen molar-refractivity contribution in [2.24, 2.45) is 5.92 Å². The standard InChI is InChI=1S/C25H46O4/c1-2-3-4-5-6-7-8-9-10-11-12-13-14-15-16-17-18-19-20-21-22-23(24(26)27)25(28)29/h9-10,23H,2-8,11-22H2,1H3,(H,26,27)(H,28,29)/b10-9+. The predicted octanol–water partition coefficient (Wildman–Crippen LogP) is 7.76. The molecule has 29 heavy (non-hydrogen) atoms. The van der Waals surface area contributed by atoms with Gasteiger partial charge in [0.1, 0.15) is 0 Å². The molecule has 0 aromatic heterocycles. The molecule has 170 valence electrons. The number of hydrogen-bond donors (Lipinski definition) is 2. The third-order valence-corrected chi connectivity index (χ3v) is 5.60. The highest BCUT2D eigenvalue weighted by Gasteiger charge is 2.24. The molecule has 0 amide bonds. The predicted molar refractivity (Wildman–Crippen MR) is 121 cm³/mol. The Balaban J connectivity index is 3.25. The first-order chi connectivity index (χ1) is 14.1. The van der Waals surface area contributed by atoms with Crippen LogP contribution in [0.3, 0.4) is 0 Å². The van der Waals surface area contributed by atoms with Crippen molar-refractivity contribution in [3.8, 4) is 0 Å². The summed E-state index contributed by atoms with van der Waals surface area (Å²) in [6, 6.07) is 0. The van der Waals surface area contributed by atoms with E-state index in [1.54, 1.807) is 0 Å². The maximum absolute atomic E-state index is 10.8. The molecule has 0 aromatic rings. The summed E-state index contributed by atoms with van der Waals surface area (Å²) in [7, 11) is 0. The second kappa shape index (κ2) is 21.4. The van der Waals surface area contributed by atoms with Gasteiger partial charge < -0.3 is 10.2 Å². The van der Waals surface area contributed by atoms with E-state index in [1.807, 2.05) is 0 Å². The largest absolute Gasteiger partial charge is 0.481 e. The van der Waals surface area contributed by atoms with Crippen LogP contribution in [-0.2, 0) is 9.59 Å². The Kier molecular flexibility index (Phi) is 20.4. The van der Waals surface area contributed by atoms with Gasteiger partial charge in [-0.25, -0.2) is 0 Å². The van der Waals surface area contributed by atoms with E-state index in [4.69, 9.17) is 10.2 Å². The van der Waals surface area contributed by atoms with Crippen molar-refractivity contribution in [2.75, 3.05) is 0 Å². The van der Waals surface area contributed by atoms with Gasteiger partial charge in [0.05, 0.1) is 0 Å². The normalized spacial score (nSPS) is 11.5. The zero-order valence-electron chi connectivity index (χ0n) is 18.9. The fourth-order valence-corrected chi connectivity index (χ4v) is 3.66. The van der Waals surface area contributed by atoms with Gasteiger partial charge >= 0.3 is 11.9 Å². The average Bonchev–Trinajstić information content (AvgIpc) is 2.68. The lowest BCUT2D eigenvalue weighted by molar-refractivity contribution is -0.154. The van der Waals surface area contributed by atoms with Crippen molar-refractivity contribution in [2.45, 2.75) is 129 Å². The molecule has 0 aliphatic rings. The monoisotopic (exact) mass is 410 g/mol. The minimum atomic E-state index is -1.24. The van der Waals surface area contributed by atoms with Crippen LogP contribution >= 0.6 is 0 Å². The molecule has 0 rings (SSSR count). The summed E-state index contributed by atoms with van der Waals surface area (Å²) in [5.41, 5.74) is 0. The van der Waals surface area contributed by atoms with E-state index in [9.17, 15) is 9.59 Å². The molecule has 0 heterocycles. The van der Waals surface area contributed by atoms with Crippen LogP contribution in [0.4, 0.5) is 0 Å². The first-order valence-electron chi connectivity index (χ1n) is 12.2. The summed E-state index contributed by atoms with van der Waals surface area (Å²) in [5, 5.41) is 17.6. The second-order valence-corrected chi connectivity index (χ2v) is 8.37. The Morgan fingerprint density at radius 3 is 1.31 bits per heavy atom. The summed E-state index contributed by atoms with van der Waals surface area (Å²) >= 11 is 0. The van der Waals surface area contributed by atoms with Crippen molar-refractivity contribution < 1.29 is 19.8 Å². The molecule has 4 nitrogen and oxygen atoms in total. The number of hydrogen-bond acceptors (Lipinski definition) is 2. The highest BCUT2D eigenvalue weighted by molar-refractivity contribution is 5.92. The second-order valence-electron chi connectivity index (χ2n) is 8.37. The van der Waals surface area contributed by atoms with E-state index >= 15 is 0 Å². The summed E-state index contributed by atoms with van der Waals surface area (Å²) in [6.07, 6.45) is 27.4. The lowest BCUT2D eigenvalue weighted by atomic mass is 10.00. The maximum atomic E-state index is 10.8. The van der Waals surface area contributed by atoms with Gasteiger partial charge in [-0.1, -0.05) is 109 Å². The molecule has 4 heteroatoms. The van der Waals surface area contributed by atoms with Crippen LogP contribution in [0.15, 0.2) is 12.2 Å². The SMILES string of the molecule is CCCCCCCC/C=C/CCCCCCCCCCCCC(C(=O)O)C(=O)O. The lowest BCUT2D eigenvalue weighted by Crippen LogP contribution is -2.23. The Hall–Kier alpha value is -1.32. The zero-order valence-corrected chi connectivity index (χ0v) is 18.9. The third kappa shape index (κ3) is 19.8. The van der Waals surface area contributed by atoms with Crippen molar-refractivity contribution in [1.29, 1.82) is 0 Å². The zero-order chi connectivity index (χ0) is 21.6. The van der Waals surface area contributed by atoms with Gasteiger partial charge in [-0.05, 0) is 32.1 Å². The fraction of sp³-hybridized carbons (Fsp3) is 0.840. The summed E-state index contributed by atoms with van der Waals surface area (Å²) in [4.78, 5) is 21.6. The van der Waals surface area contributed by atoms with Crippen LogP contribution in [-0.4, -0.2) is 22.2 Å². The molecule has 0 aromatic carbocycles. The van der Waals surface area contributed by atoms with Crippen molar-refractivity contribution in [3.05, 3.63) is 12.2 Å². The van der Waals surface area contributed by atoms with Crippen LogP contribution in [0.1, 0.15) is 129 Å². The number of allylic oxidation sites excluding steroid dienone is 2. The molecule has 0 spiro atoms. The van der Waals surface area contributed by atoms with Crippen molar-refractivity contribution in [1.82, 2.24) is 0 Å². The van der Waals surface area contributed by atoms with Crippen LogP contribution in [0, 0.1) is 5.92 Å². The van der Waals surface area contributed by atoms with Gasteiger partial charge in [-0.15, -0.1) is 0 Å². The number of carboxylic acid groups (broad SMARTS) is 2. The van der Waals surface area contributed by atoms with Crippen LogP contribution in [0.2, 0.25) is 0 Å². The van der Waals surface area contributed by atoms with E-state index in [0.29, 0.717) is 6.42 Å². The molecule has 0 aliphatic carbocycles. The van der Waals surface area contributed by atoms with Crippen molar-refractivity contribution >= 4 is 11.9 Å². The van der Waals surface area contributed by atoms with Crippen molar-refractivity contribution in [3.63, 3.8) is 0 Å². The molecule has 0 saturated heterocycles. The molecule has 0 fully saturated rings. The topological polar surface area (TPSA) is 74.6 Å². The molecular formula is C25H46O4. The maximum Gasteiger partial charge on any atom is 0.317 e. The van der Waals surface area contributed by atoms with Crippen LogP contribution < -0.4 is 0 Å². The number of carboxylic acids is 2.